The Morgan fingerprint density at radius 2 is 1.95 bits per heavy atom. The number of urea groups is 1. The molecule has 0 radical (unpaired) electrons. The Balaban J connectivity index is 1.74. The first-order valence-corrected chi connectivity index (χ1v) is 6.41. The fraction of sp³-hybridized carbons (Fsp3) is 0.462. The highest BCUT2D eigenvalue weighted by atomic mass is 16.7. The molecule has 0 saturated carbocycles. The Bertz CT molecular complexity index is 498. The van der Waals surface area contributed by atoms with Crippen LogP contribution in [0, 0.1) is 6.92 Å². The number of aryl methyl sites for hydroxylation is 1. The number of anilines is 1. The highest BCUT2D eigenvalue weighted by molar-refractivity contribution is 5.90. The fourth-order valence-corrected chi connectivity index (χ4v) is 2.24. The van der Waals surface area contributed by atoms with E-state index in [1.807, 2.05) is 19.1 Å². The maximum atomic E-state index is 12.1. The standard InChI is InChI=1S/C13H17N3O3/c1-9-6-11-12(19-8-18-11)7-10(9)15-13(17)16-4-2-14-3-5-16/h6-7,14H,2-5,8H2,1H3,(H,15,17). The molecule has 0 atom stereocenters. The lowest BCUT2D eigenvalue weighted by Crippen LogP contribution is -2.48. The summed E-state index contributed by atoms with van der Waals surface area (Å²) in [6.07, 6.45) is 0. The zero-order chi connectivity index (χ0) is 13.2. The molecule has 2 heterocycles. The molecular weight excluding hydrogens is 246 g/mol. The largest absolute Gasteiger partial charge is 0.454 e. The van der Waals surface area contributed by atoms with Crippen molar-refractivity contribution in [2.75, 3.05) is 38.3 Å². The van der Waals surface area contributed by atoms with Crippen LogP contribution in [0.1, 0.15) is 5.56 Å². The third kappa shape index (κ3) is 2.44. The molecule has 0 spiro atoms. The minimum absolute atomic E-state index is 0.0662. The van der Waals surface area contributed by atoms with Crippen LogP contribution < -0.4 is 20.1 Å². The van der Waals surface area contributed by atoms with Gasteiger partial charge in [-0.05, 0) is 18.6 Å². The lowest BCUT2D eigenvalue weighted by atomic mass is 10.2. The number of fused-ring (bicyclic) bond motifs is 1. The van der Waals surface area contributed by atoms with Crippen molar-refractivity contribution in [1.29, 1.82) is 0 Å². The average molecular weight is 263 g/mol. The fourth-order valence-electron chi connectivity index (χ4n) is 2.24. The zero-order valence-corrected chi connectivity index (χ0v) is 10.9. The predicted molar refractivity (Wildman–Crippen MR) is 70.8 cm³/mol. The summed E-state index contributed by atoms with van der Waals surface area (Å²) in [4.78, 5) is 13.9. The maximum absolute atomic E-state index is 12.1. The normalized spacial score (nSPS) is 17.4. The molecule has 1 aromatic carbocycles. The van der Waals surface area contributed by atoms with Gasteiger partial charge in [-0.1, -0.05) is 0 Å². The van der Waals surface area contributed by atoms with E-state index in [0.717, 1.165) is 43.2 Å². The van der Waals surface area contributed by atoms with E-state index in [2.05, 4.69) is 10.6 Å². The number of ether oxygens (including phenoxy) is 2. The Morgan fingerprint density at radius 3 is 2.68 bits per heavy atom. The molecule has 0 bridgehead atoms. The molecule has 0 aliphatic carbocycles. The second kappa shape index (κ2) is 4.97. The van der Waals surface area contributed by atoms with Crippen LogP contribution in [0.15, 0.2) is 12.1 Å². The van der Waals surface area contributed by atoms with Gasteiger partial charge in [0.1, 0.15) is 0 Å². The van der Waals surface area contributed by atoms with E-state index in [1.165, 1.54) is 0 Å². The molecule has 0 aromatic heterocycles. The number of nitrogens with zero attached hydrogens (tertiary/aromatic N) is 1. The molecule has 1 saturated heterocycles. The van der Waals surface area contributed by atoms with Gasteiger partial charge < -0.3 is 25.0 Å². The topological polar surface area (TPSA) is 62.8 Å². The Morgan fingerprint density at radius 1 is 1.26 bits per heavy atom. The summed E-state index contributed by atoms with van der Waals surface area (Å²) in [6.45, 7) is 5.32. The first-order chi connectivity index (χ1) is 9.24. The van der Waals surface area contributed by atoms with E-state index in [9.17, 15) is 4.79 Å². The predicted octanol–water partition coefficient (Wildman–Crippen LogP) is 1.16. The third-order valence-corrected chi connectivity index (χ3v) is 3.37. The van der Waals surface area contributed by atoms with Crippen LogP contribution in [0.25, 0.3) is 0 Å². The van der Waals surface area contributed by atoms with Crippen LogP contribution in [-0.2, 0) is 0 Å². The maximum Gasteiger partial charge on any atom is 0.321 e. The Hall–Kier alpha value is -1.95. The number of piperazine rings is 1. The summed E-state index contributed by atoms with van der Waals surface area (Å²) >= 11 is 0. The van der Waals surface area contributed by atoms with Gasteiger partial charge in [-0.25, -0.2) is 4.79 Å². The molecule has 19 heavy (non-hydrogen) atoms. The Labute approximate surface area is 111 Å². The van der Waals surface area contributed by atoms with Crippen molar-refractivity contribution >= 4 is 11.7 Å². The smallest absolute Gasteiger partial charge is 0.321 e. The van der Waals surface area contributed by atoms with Crippen LogP contribution >= 0.6 is 0 Å². The van der Waals surface area contributed by atoms with E-state index in [4.69, 9.17) is 9.47 Å². The third-order valence-electron chi connectivity index (χ3n) is 3.37. The highest BCUT2D eigenvalue weighted by Crippen LogP contribution is 2.36. The van der Waals surface area contributed by atoms with Gasteiger partial charge in [-0.3, -0.25) is 0 Å². The average Bonchev–Trinajstić information content (AvgIpc) is 2.87. The molecule has 1 aromatic rings. The molecule has 2 amide bonds. The molecule has 0 unspecified atom stereocenters. The molecular formula is C13H17N3O3. The first kappa shape index (κ1) is 12.1. The van der Waals surface area contributed by atoms with Crippen molar-refractivity contribution in [2.45, 2.75) is 6.92 Å². The monoisotopic (exact) mass is 263 g/mol. The summed E-state index contributed by atoms with van der Waals surface area (Å²) in [6, 6.07) is 3.64. The van der Waals surface area contributed by atoms with Crippen LogP contribution in [0.5, 0.6) is 11.5 Å². The zero-order valence-electron chi connectivity index (χ0n) is 10.9. The molecule has 6 nitrogen and oxygen atoms in total. The number of hydrogen-bond donors (Lipinski definition) is 2. The lowest BCUT2D eigenvalue weighted by molar-refractivity contribution is 0.174. The van der Waals surface area contributed by atoms with Gasteiger partial charge in [-0.2, -0.15) is 0 Å². The van der Waals surface area contributed by atoms with E-state index in [0.29, 0.717) is 5.75 Å². The quantitative estimate of drug-likeness (QED) is 0.798. The second-order valence-electron chi connectivity index (χ2n) is 4.69. The van der Waals surface area contributed by atoms with Crippen molar-refractivity contribution in [3.8, 4) is 11.5 Å². The molecule has 2 aliphatic rings. The SMILES string of the molecule is Cc1cc2c(cc1NC(=O)N1CCNCC1)OCO2. The van der Waals surface area contributed by atoms with Crippen molar-refractivity contribution < 1.29 is 14.3 Å². The van der Waals surface area contributed by atoms with Crippen LogP contribution in [-0.4, -0.2) is 43.9 Å². The van der Waals surface area contributed by atoms with Gasteiger partial charge >= 0.3 is 6.03 Å². The van der Waals surface area contributed by atoms with Crippen molar-refractivity contribution in [1.82, 2.24) is 10.2 Å². The molecule has 2 N–H and O–H groups in total. The number of hydrogen-bond acceptors (Lipinski definition) is 4. The van der Waals surface area contributed by atoms with Crippen molar-refractivity contribution in [3.63, 3.8) is 0 Å². The number of amides is 2. The van der Waals surface area contributed by atoms with Crippen molar-refractivity contribution in [2.24, 2.45) is 0 Å². The van der Waals surface area contributed by atoms with E-state index in [-0.39, 0.29) is 12.8 Å². The molecule has 102 valence electrons. The van der Waals surface area contributed by atoms with E-state index >= 15 is 0 Å². The van der Waals surface area contributed by atoms with Gasteiger partial charge in [-0.15, -0.1) is 0 Å². The summed E-state index contributed by atoms with van der Waals surface area (Å²) in [5, 5.41) is 6.15. The van der Waals surface area contributed by atoms with Gasteiger partial charge in [0.25, 0.3) is 0 Å². The minimum Gasteiger partial charge on any atom is -0.454 e. The number of nitrogens with one attached hydrogen (secondary N) is 2. The number of rotatable bonds is 1. The molecule has 3 rings (SSSR count). The minimum atomic E-state index is -0.0662. The molecule has 1 fully saturated rings. The molecule has 6 heteroatoms. The van der Waals surface area contributed by atoms with E-state index < -0.39 is 0 Å². The van der Waals surface area contributed by atoms with Gasteiger partial charge in [0.15, 0.2) is 11.5 Å². The van der Waals surface area contributed by atoms with Crippen molar-refractivity contribution in [3.05, 3.63) is 17.7 Å². The summed E-state index contributed by atoms with van der Waals surface area (Å²) in [5.41, 5.74) is 1.74. The van der Waals surface area contributed by atoms with Crippen LogP contribution in [0.3, 0.4) is 0 Å². The van der Waals surface area contributed by atoms with E-state index in [1.54, 1.807) is 4.90 Å². The van der Waals surface area contributed by atoms with Gasteiger partial charge in [0, 0.05) is 37.9 Å². The number of carbonyl (C=O) groups excluding carboxylic acids is 1. The second-order valence-corrected chi connectivity index (χ2v) is 4.69. The lowest BCUT2D eigenvalue weighted by Gasteiger charge is -2.27. The summed E-state index contributed by atoms with van der Waals surface area (Å²) in [7, 11) is 0. The first-order valence-electron chi connectivity index (χ1n) is 6.41. The van der Waals surface area contributed by atoms with Gasteiger partial charge in [0.05, 0.1) is 0 Å². The highest BCUT2D eigenvalue weighted by Gasteiger charge is 2.19. The molecule has 2 aliphatic heterocycles. The Kier molecular flexibility index (Phi) is 3.16. The van der Waals surface area contributed by atoms with Crippen LogP contribution in [0.2, 0.25) is 0 Å². The van der Waals surface area contributed by atoms with Gasteiger partial charge in [0.2, 0.25) is 6.79 Å². The number of carbonyl (C=O) groups is 1. The number of benzene rings is 1. The van der Waals surface area contributed by atoms with Crippen LogP contribution in [0.4, 0.5) is 10.5 Å². The summed E-state index contributed by atoms with van der Waals surface area (Å²) in [5.74, 6) is 1.42. The summed E-state index contributed by atoms with van der Waals surface area (Å²) < 4.78 is 10.6.